The van der Waals surface area contributed by atoms with Gasteiger partial charge in [0.05, 0.1) is 18.4 Å². The molecular formula is C23H19N5O4. The summed E-state index contributed by atoms with van der Waals surface area (Å²) in [6, 6.07) is 15.9. The van der Waals surface area contributed by atoms with Gasteiger partial charge in [0.15, 0.2) is 11.4 Å². The van der Waals surface area contributed by atoms with Crippen LogP contribution in [0.15, 0.2) is 73.1 Å². The molecule has 2 heterocycles. The van der Waals surface area contributed by atoms with Crippen molar-refractivity contribution in [1.29, 1.82) is 0 Å². The van der Waals surface area contributed by atoms with E-state index in [1.807, 2.05) is 0 Å². The second kappa shape index (κ2) is 8.40. The first-order chi connectivity index (χ1) is 15.4. The summed E-state index contributed by atoms with van der Waals surface area (Å²) in [5.74, 6) is -0.0519. The number of phenolic OH excluding ortho intramolecular Hbond substituents is 1. The number of nitrogens with zero attached hydrogens (tertiary/aromatic N) is 4. The number of aromatic hydroxyl groups is 1. The summed E-state index contributed by atoms with van der Waals surface area (Å²) in [6.07, 6.45) is 2.76. The summed E-state index contributed by atoms with van der Waals surface area (Å²) >= 11 is 0. The Morgan fingerprint density at radius 3 is 2.25 bits per heavy atom. The molecule has 4 rings (SSSR count). The number of phenols is 1. The van der Waals surface area contributed by atoms with Crippen molar-refractivity contribution in [1.82, 2.24) is 20.2 Å². The van der Waals surface area contributed by atoms with Crippen LogP contribution in [0.25, 0.3) is 11.5 Å². The Balaban J connectivity index is 2.01. The summed E-state index contributed by atoms with van der Waals surface area (Å²) < 4.78 is 5.22. The van der Waals surface area contributed by atoms with E-state index in [-0.39, 0.29) is 22.8 Å². The van der Waals surface area contributed by atoms with E-state index in [1.165, 1.54) is 43.8 Å². The van der Waals surface area contributed by atoms with E-state index >= 15 is 0 Å². The van der Waals surface area contributed by atoms with Gasteiger partial charge in [0.25, 0.3) is 5.91 Å². The van der Waals surface area contributed by atoms with Crippen molar-refractivity contribution in [3.8, 4) is 23.0 Å². The Labute approximate surface area is 183 Å². The zero-order valence-corrected chi connectivity index (χ0v) is 17.0. The molecule has 0 saturated carbocycles. The third-order valence-corrected chi connectivity index (χ3v) is 4.99. The first kappa shape index (κ1) is 20.9. The van der Waals surface area contributed by atoms with E-state index in [0.717, 1.165) is 0 Å². The molecule has 0 spiro atoms. The van der Waals surface area contributed by atoms with Crippen LogP contribution in [0.3, 0.4) is 0 Å². The number of aromatic nitrogens is 4. The van der Waals surface area contributed by atoms with Gasteiger partial charge in [-0.1, -0.05) is 24.3 Å². The number of carbonyl (C=O) groups excluding carboxylic acids is 1. The molecule has 0 radical (unpaired) electrons. The van der Waals surface area contributed by atoms with Gasteiger partial charge >= 0.3 is 0 Å². The molecule has 4 aromatic rings. The van der Waals surface area contributed by atoms with E-state index in [2.05, 4.69) is 20.2 Å². The fourth-order valence-corrected chi connectivity index (χ4v) is 3.36. The lowest BCUT2D eigenvalue weighted by Gasteiger charge is -2.30. The van der Waals surface area contributed by atoms with Gasteiger partial charge in [-0.15, -0.1) is 5.10 Å². The van der Waals surface area contributed by atoms with Crippen LogP contribution in [-0.2, 0) is 5.60 Å². The number of aliphatic hydroxyl groups is 1. The fraction of sp³-hybridized carbons (Fsp3) is 0.0870. The second-order valence-corrected chi connectivity index (χ2v) is 6.91. The maximum atomic E-state index is 12.3. The first-order valence-corrected chi connectivity index (χ1v) is 9.55. The van der Waals surface area contributed by atoms with E-state index in [9.17, 15) is 15.0 Å². The van der Waals surface area contributed by atoms with Crippen molar-refractivity contribution in [3.05, 3.63) is 95.4 Å². The van der Waals surface area contributed by atoms with Gasteiger partial charge in [-0.25, -0.2) is 9.97 Å². The van der Waals surface area contributed by atoms with Gasteiger partial charge < -0.3 is 20.7 Å². The maximum Gasteiger partial charge on any atom is 0.252 e. The lowest BCUT2D eigenvalue weighted by Crippen LogP contribution is -2.34. The average Bonchev–Trinajstić information content (AvgIpc) is 2.84. The van der Waals surface area contributed by atoms with E-state index in [0.29, 0.717) is 22.6 Å². The molecule has 9 heteroatoms. The maximum absolute atomic E-state index is 12.3. The molecule has 0 saturated heterocycles. The SMILES string of the molecule is COc1ccc(C(O)(c2ccc(O)cc2)c2nc(-c3cccnn3)ncc2C(N)=O)cc1. The molecule has 9 nitrogen and oxygen atoms in total. The molecule has 0 bridgehead atoms. The monoisotopic (exact) mass is 429 g/mol. The number of hydrogen-bond donors (Lipinski definition) is 3. The van der Waals surface area contributed by atoms with Crippen molar-refractivity contribution >= 4 is 5.91 Å². The number of primary amides is 1. The van der Waals surface area contributed by atoms with Crippen molar-refractivity contribution < 1.29 is 19.7 Å². The number of amides is 1. The molecule has 0 fully saturated rings. The van der Waals surface area contributed by atoms with Crippen LogP contribution in [0.4, 0.5) is 0 Å². The minimum absolute atomic E-state index is 0.0175. The highest BCUT2D eigenvalue weighted by Gasteiger charge is 2.39. The van der Waals surface area contributed by atoms with Crippen LogP contribution in [0.2, 0.25) is 0 Å². The van der Waals surface area contributed by atoms with Crippen LogP contribution in [-0.4, -0.2) is 43.4 Å². The molecule has 0 aliphatic rings. The Hall–Kier alpha value is -4.37. The summed E-state index contributed by atoms with van der Waals surface area (Å²) in [6.45, 7) is 0. The summed E-state index contributed by atoms with van der Waals surface area (Å²) in [5, 5.41) is 29.7. The quantitative estimate of drug-likeness (QED) is 0.422. The van der Waals surface area contributed by atoms with Crippen molar-refractivity contribution in [2.24, 2.45) is 5.73 Å². The molecule has 32 heavy (non-hydrogen) atoms. The Morgan fingerprint density at radius 1 is 1.03 bits per heavy atom. The predicted molar refractivity (Wildman–Crippen MR) is 115 cm³/mol. The lowest BCUT2D eigenvalue weighted by molar-refractivity contribution is 0.0967. The highest BCUT2D eigenvalue weighted by Crippen LogP contribution is 2.39. The molecule has 4 N–H and O–H groups in total. The largest absolute Gasteiger partial charge is 0.508 e. The summed E-state index contributed by atoms with van der Waals surface area (Å²) in [5.41, 5.74) is 4.70. The minimum Gasteiger partial charge on any atom is -0.508 e. The van der Waals surface area contributed by atoms with Crippen molar-refractivity contribution in [3.63, 3.8) is 0 Å². The van der Waals surface area contributed by atoms with E-state index < -0.39 is 11.5 Å². The van der Waals surface area contributed by atoms with Gasteiger partial charge in [-0.3, -0.25) is 4.79 Å². The normalized spacial score (nSPS) is 12.7. The van der Waals surface area contributed by atoms with Crippen molar-refractivity contribution in [2.45, 2.75) is 5.60 Å². The van der Waals surface area contributed by atoms with E-state index in [4.69, 9.17) is 10.5 Å². The molecule has 0 aliphatic carbocycles. The van der Waals surface area contributed by atoms with E-state index in [1.54, 1.807) is 36.4 Å². The van der Waals surface area contributed by atoms with Gasteiger partial charge in [0, 0.05) is 12.4 Å². The summed E-state index contributed by atoms with van der Waals surface area (Å²) in [7, 11) is 1.53. The zero-order chi connectivity index (χ0) is 22.7. The Bertz CT molecular complexity index is 1250. The highest BCUT2D eigenvalue weighted by molar-refractivity contribution is 5.94. The molecule has 0 aliphatic heterocycles. The van der Waals surface area contributed by atoms with Crippen LogP contribution >= 0.6 is 0 Å². The topological polar surface area (TPSA) is 144 Å². The summed E-state index contributed by atoms with van der Waals surface area (Å²) in [4.78, 5) is 21.0. The average molecular weight is 429 g/mol. The number of hydrogen-bond acceptors (Lipinski definition) is 8. The zero-order valence-electron chi connectivity index (χ0n) is 17.0. The number of methoxy groups -OCH3 is 1. The standard InChI is InChI=1S/C23H19N5O4/c1-32-17-10-6-15(7-11-17)23(31,14-4-8-16(29)9-5-14)20-18(21(24)30)13-25-22(27-20)19-3-2-12-26-28-19/h2-13,29,31H,1H3,(H2,24,30). The molecular weight excluding hydrogens is 410 g/mol. The molecule has 2 aromatic carbocycles. The van der Waals surface area contributed by atoms with Gasteiger partial charge in [-0.2, -0.15) is 5.10 Å². The lowest BCUT2D eigenvalue weighted by atomic mass is 9.81. The smallest absolute Gasteiger partial charge is 0.252 e. The second-order valence-electron chi connectivity index (χ2n) is 6.91. The Kier molecular flexibility index (Phi) is 5.48. The predicted octanol–water partition coefficient (Wildman–Crippen LogP) is 2.03. The van der Waals surface area contributed by atoms with Crippen molar-refractivity contribution in [2.75, 3.05) is 7.11 Å². The number of carbonyl (C=O) groups is 1. The van der Waals surface area contributed by atoms with Crippen LogP contribution < -0.4 is 10.5 Å². The molecule has 1 unspecified atom stereocenters. The number of ether oxygens (including phenoxy) is 1. The highest BCUT2D eigenvalue weighted by atomic mass is 16.5. The third-order valence-electron chi connectivity index (χ3n) is 4.99. The van der Waals surface area contributed by atoms with Gasteiger partial charge in [-0.05, 0) is 47.5 Å². The van der Waals surface area contributed by atoms with Crippen LogP contribution in [0.5, 0.6) is 11.5 Å². The fourth-order valence-electron chi connectivity index (χ4n) is 3.36. The Morgan fingerprint density at radius 2 is 1.69 bits per heavy atom. The molecule has 160 valence electrons. The molecule has 2 aromatic heterocycles. The molecule has 1 atom stereocenters. The number of nitrogens with two attached hydrogens (primary N) is 1. The van der Waals surface area contributed by atoms with Crippen LogP contribution in [0.1, 0.15) is 27.2 Å². The van der Waals surface area contributed by atoms with Gasteiger partial charge in [0.2, 0.25) is 0 Å². The third kappa shape index (κ3) is 3.72. The molecule has 1 amide bonds. The van der Waals surface area contributed by atoms with Crippen LogP contribution in [0, 0.1) is 0 Å². The minimum atomic E-state index is -1.91. The number of benzene rings is 2. The van der Waals surface area contributed by atoms with Gasteiger partial charge in [0.1, 0.15) is 17.2 Å². The number of rotatable bonds is 6. The first-order valence-electron chi connectivity index (χ1n) is 9.55.